The molecule has 1 aromatic rings. The maximum absolute atomic E-state index is 14.6. The van der Waals surface area contributed by atoms with Crippen molar-refractivity contribution < 1.29 is 42.6 Å². The molecule has 10 nitrogen and oxygen atoms in total. The number of ketones is 3. The Morgan fingerprint density at radius 3 is 2.52 bits per heavy atom. The summed E-state index contributed by atoms with van der Waals surface area (Å²) in [6, 6.07) is -0.999. The van der Waals surface area contributed by atoms with Gasteiger partial charge in [-0.3, -0.25) is 24.1 Å². The summed E-state index contributed by atoms with van der Waals surface area (Å²) < 4.78 is 43.7. The molecular formula is C27H31F3N4O6. The van der Waals surface area contributed by atoms with Gasteiger partial charge in [0, 0.05) is 12.0 Å². The summed E-state index contributed by atoms with van der Waals surface area (Å²) in [7, 11) is 1.52. The van der Waals surface area contributed by atoms with Crippen LogP contribution >= 0.6 is 0 Å². The number of phenolic OH excluding ortho intramolecular Hbond substituents is 1. The van der Waals surface area contributed by atoms with Gasteiger partial charge in [-0.1, -0.05) is 6.92 Å². The molecule has 0 bridgehead atoms. The van der Waals surface area contributed by atoms with Gasteiger partial charge in [0.05, 0.1) is 28.8 Å². The van der Waals surface area contributed by atoms with Crippen molar-refractivity contribution in [2.45, 2.75) is 56.5 Å². The van der Waals surface area contributed by atoms with E-state index in [9.17, 15) is 42.6 Å². The fourth-order valence-electron chi connectivity index (χ4n) is 7.43. The van der Waals surface area contributed by atoms with Crippen molar-refractivity contribution in [3.05, 3.63) is 28.3 Å². The zero-order valence-electron chi connectivity index (χ0n) is 22.0. The van der Waals surface area contributed by atoms with Gasteiger partial charge in [0.2, 0.25) is 5.91 Å². The molecule has 3 fully saturated rings. The summed E-state index contributed by atoms with van der Waals surface area (Å²) in [6.45, 7) is 2.43. The number of nitrogens with one attached hydrogen (secondary N) is 2. The number of likely N-dealkylation sites (N-methyl/N-ethyl adjacent to an activating group) is 1. The predicted octanol–water partition coefficient (Wildman–Crippen LogP) is 1.15. The maximum Gasteiger partial charge on any atom is 0.417 e. The summed E-state index contributed by atoms with van der Waals surface area (Å²) in [5, 5.41) is 34.1. The second kappa shape index (κ2) is 9.45. The van der Waals surface area contributed by atoms with Crippen LogP contribution in [0.4, 0.5) is 13.2 Å². The Labute approximate surface area is 227 Å². The minimum absolute atomic E-state index is 0.173. The number of carbonyl (C=O) groups excluding carboxylic acids is 4. The van der Waals surface area contributed by atoms with Gasteiger partial charge in [-0.15, -0.1) is 0 Å². The zero-order valence-corrected chi connectivity index (χ0v) is 22.0. The van der Waals surface area contributed by atoms with Crippen LogP contribution in [0.15, 0.2) is 6.07 Å². The number of nitrogens with two attached hydrogens (primary N) is 1. The lowest BCUT2D eigenvalue weighted by atomic mass is 9.52. The van der Waals surface area contributed by atoms with Crippen molar-refractivity contribution in [1.82, 2.24) is 10.2 Å². The van der Waals surface area contributed by atoms with Gasteiger partial charge in [-0.05, 0) is 68.9 Å². The van der Waals surface area contributed by atoms with Crippen molar-refractivity contribution in [3.63, 3.8) is 0 Å². The van der Waals surface area contributed by atoms with Crippen molar-refractivity contribution >= 4 is 29.0 Å². The number of phenols is 1. The Hall–Kier alpha value is -3.16. The normalized spacial score (nSPS) is 34.1. The molecule has 7 atom stereocenters. The molecule has 3 aliphatic carbocycles. The second-order valence-electron chi connectivity index (χ2n) is 11.3. The number of fused-ring (bicyclic) bond motifs is 3. The fraction of sp³-hybridized carbons (Fsp3) is 0.593. The quantitative estimate of drug-likeness (QED) is 0.339. The smallest absolute Gasteiger partial charge is 0.417 e. The first-order valence-electron chi connectivity index (χ1n) is 13.3. The van der Waals surface area contributed by atoms with E-state index in [1.54, 1.807) is 6.92 Å². The Bertz CT molecular complexity index is 1340. The topological polar surface area (TPSA) is 174 Å². The predicted molar refractivity (Wildman–Crippen MR) is 134 cm³/mol. The van der Waals surface area contributed by atoms with Crippen LogP contribution in [0.1, 0.15) is 59.3 Å². The largest absolute Gasteiger partial charge is 0.507 e. The van der Waals surface area contributed by atoms with E-state index in [0.717, 1.165) is 6.07 Å². The number of hydrogen-bond donors (Lipinski definition) is 5. The number of halogens is 3. The third-order valence-electron chi connectivity index (χ3n) is 9.29. The zero-order chi connectivity index (χ0) is 29.5. The summed E-state index contributed by atoms with van der Waals surface area (Å²) in [6.07, 6.45) is -4.47. The molecule has 0 aromatic heterocycles. The van der Waals surface area contributed by atoms with Crippen LogP contribution < -0.4 is 11.1 Å². The molecule has 13 heteroatoms. The van der Waals surface area contributed by atoms with E-state index in [2.05, 4.69) is 5.32 Å². The molecule has 5 rings (SSSR count). The molecule has 6 N–H and O–H groups in total. The van der Waals surface area contributed by atoms with Crippen LogP contribution in [0.3, 0.4) is 0 Å². The second-order valence-corrected chi connectivity index (χ2v) is 11.3. The Morgan fingerprint density at radius 2 is 1.98 bits per heavy atom. The minimum atomic E-state index is -4.87. The molecular weight excluding hydrogens is 533 g/mol. The van der Waals surface area contributed by atoms with E-state index >= 15 is 0 Å². The van der Waals surface area contributed by atoms with E-state index in [4.69, 9.17) is 11.1 Å². The number of carbonyl (C=O) groups is 4. The molecule has 1 saturated heterocycles. The number of primary amides is 1. The van der Waals surface area contributed by atoms with E-state index in [-0.39, 0.29) is 18.5 Å². The van der Waals surface area contributed by atoms with Gasteiger partial charge in [0.15, 0.2) is 23.0 Å². The third-order valence-corrected chi connectivity index (χ3v) is 9.29. The number of nitrogens with zero attached hydrogens (tertiary/aromatic N) is 1. The van der Waals surface area contributed by atoms with Gasteiger partial charge in [0.25, 0.3) is 0 Å². The molecule has 216 valence electrons. The number of amides is 1. The van der Waals surface area contributed by atoms with Gasteiger partial charge in [-0.2, -0.15) is 13.2 Å². The highest BCUT2D eigenvalue weighted by Crippen LogP contribution is 2.53. The van der Waals surface area contributed by atoms with Crippen LogP contribution in [-0.2, 0) is 27.0 Å². The van der Waals surface area contributed by atoms with Crippen LogP contribution in [0.25, 0.3) is 0 Å². The van der Waals surface area contributed by atoms with E-state index in [1.807, 2.05) is 0 Å². The number of aromatic hydroxyl groups is 1. The van der Waals surface area contributed by atoms with E-state index in [1.165, 1.54) is 11.9 Å². The van der Waals surface area contributed by atoms with Gasteiger partial charge >= 0.3 is 6.18 Å². The number of benzene rings is 1. The summed E-state index contributed by atoms with van der Waals surface area (Å²) in [5.41, 5.74) is -0.489. The molecule has 7 unspecified atom stereocenters. The van der Waals surface area contributed by atoms with Crippen LogP contribution in [0, 0.1) is 29.1 Å². The molecule has 0 spiro atoms. The molecule has 2 saturated carbocycles. The highest BCUT2D eigenvalue weighted by Gasteiger charge is 2.68. The molecule has 1 amide bonds. The number of Topliss-reactive ketones (excluding diaryl/α,β-unsaturated/α-hetero) is 3. The standard InChI is InChI=1S/C27H31F3N4O6/c1-3-34(2)20-13-8-10-7-12-17(15(35)9-11(14-5-4-6-33-14)19(12)27(28,29)30)21(36)16(10)24(38)26(13,40)23(31)18(22(20)37)25(32)39/h9-10,13-14,16,18,20,31,33,35,40H,3-8H2,1-2H3,(H2,32,39). The van der Waals surface area contributed by atoms with E-state index < -0.39 is 105 Å². The molecule has 1 heterocycles. The lowest BCUT2D eigenvalue weighted by Crippen LogP contribution is -2.74. The van der Waals surface area contributed by atoms with Gasteiger partial charge < -0.3 is 26.7 Å². The number of aliphatic hydroxyl groups is 1. The first-order chi connectivity index (χ1) is 18.7. The SMILES string of the molecule is CCN(C)C1C(=O)C(C(N)=O)C(=N)C2(O)C(=O)C3C(=O)c4c(O)cc(C5CCCN5)c(C(F)(F)F)c4CC3CC12. The van der Waals surface area contributed by atoms with E-state index in [0.29, 0.717) is 19.4 Å². The van der Waals surface area contributed by atoms with Gasteiger partial charge in [0.1, 0.15) is 11.7 Å². The highest BCUT2D eigenvalue weighted by molar-refractivity contribution is 6.33. The molecule has 40 heavy (non-hydrogen) atoms. The van der Waals surface area contributed by atoms with Crippen molar-refractivity contribution in [2.75, 3.05) is 20.1 Å². The molecule has 0 radical (unpaired) electrons. The molecule has 4 aliphatic rings. The number of hydrogen-bond acceptors (Lipinski definition) is 9. The monoisotopic (exact) mass is 564 g/mol. The fourth-order valence-corrected chi connectivity index (χ4v) is 7.43. The highest BCUT2D eigenvalue weighted by atomic mass is 19.4. The summed E-state index contributed by atoms with van der Waals surface area (Å²) >= 11 is 0. The Morgan fingerprint density at radius 1 is 1.30 bits per heavy atom. The van der Waals surface area contributed by atoms with Crippen LogP contribution in [0.2, 0.25) is 0 Å². The summed E-state index contributed by atoms with van der Waals surface area (Å²) in [5.74, 6) is -10.9. The van der Waals surface area contributed by atoms with Crippen molar-refractivity contribution in [1.29, 1.82) is 5.41 Å². The molecule has 1 aromatic carbocycles. The lowest BCUT2D eigenvalue weighted by Gasteiger charge is -2.54. The van der Waals surface area contributed by atoms with Crippen LogP contribution in [-0.4, -0.2) is 75.9 Å². The summed E-state index contributed by atoms with van der Waals surface area (Å²) in [4.78, 5) is 54.7. The maximum atomic E-state index is 14.6. The average molecular weight is 565 g/mol. The number of alkyl halides is 3. The number of rotatable bonds is 4. The minimum Gasteiger partial charge on any atom is -0.507 e. The van der Waals surface area contributed by atoms with Crippen molar-refractivity contribution in [2.24, 2.45) is 29.4 Å². The third kappa shape index (κ3) is 3.85. The van der Waals surface area contributed by atoms with Crippen molar-refractivity contribution in [3.8, 4) is 5.75 Å². The average Bonchev–Trinajstić information content (AvgIpc) is 3.39. The Kier molecular flexibility index (Phi) is 6.70. The van der Waals surface area contributed by atoms with Crippen LogP contribution in [0.5, 0.6) is 5.75 Å². The lowest BCUT2D eigenvalue weighted by molar-refractivity contribution is -0.157. The first-order valence-corrected chi connectivity index (χ1v) is 13.3. The first kappa shape index (κ1) is 28.4. The van der Waals surface area contributed by atoms with Gasteiger partial charge in [-0.25, -0.2) is 0 Å². The molecule has 1 aliphatic heterocycles. The Balaban J connectivity index is 1.68.